The minimum Gasteiger partial charge on any atom is -0.459 e. The van der Waals surface area contributed by atoms with Gasteiger partial charge in [0, 0.05) is 17.8 Å². The quantitative estimate of drug-likeness (QED) is 0.570. The molecule has 128 valence electrons. The maximum absolute atomic E-state index is 5.91. The van der Waals surface area contributed by atoms with E-state index in [0.717, 1.165) is 34.0 Å². The lowest BCUT2D eigenvalue weighted by atomic mass is 9.96. The van der Waals surface area contributed by atoms with E-state index in [9.17, 15) is 0 Å². The normalized spacial score (nSPS) is 12.2. The average molecular weight is 335 g/mol. The lowest BCUT2D eigenvalue weighted by Gasteiger charge is -2.18. The van der Waals surface area contributed by atoms with Gasteiger partial charge in [0.05, 0.1) is 6.54 Å². The first-order chi connectivity index (χ1) is 11.9. The fourth-order valence-electron chi connectivity index (χ4n) is 2.88. The molecular formula is C19H21N5O. The van der Waals surface area contributed by atoms with E-state index in [2.05, 4.69) is 48.0 Å². The van der Waals surface area contributed by atoms with Crippen molar-refractivity contribution in [2.75, 3.05) is 11.9 Å². The Hall–Kier alpha value is -2.89. The molecule has 25 heavy (non-hydrogen) atoms. The van der Waals surface area contributed by atoms with Crippen molar-refractivity contribution in [2.45, 2.75) is 32.7 Å². The molecular weight excluding hydrogens is 314 g/mol. The number of hydrogen-bond donors (Lipinski definition) is 0. The molecule has 0 bridgehead atoms. The topological polar surface area (TPSA) is 59.5 Å². The maximum Gasteiger partial charge on any atom is 0.178 e. The van der Waals surface area contributed by atoms with Gasteiger partial charge in [-0.2, -0.15) is 4.52 Å². The Labute approximate surface area is 146 Å². The highest BCUT2D eigenvalue weighted by Crippen LogP contribution is 2.23. The van der Waals surface area contributed by atoms with Gasteiger partial charge in [-0.3, -0.25) is 0 Å². The van der Waals surface area contributed by atoms with Crippen LogP contribution in [0.25, 0.3) is 16.6 Å². The molecule has 0 spiro atoms. The summed E-state index contributed by atoms with van der Waals surface area (Å²) >= 11 is 0. The molecule has 0 aliphatic carbocycles. The fraction of sp³-hybridized carbons (Fsp3) is 0.316. The fourth-order valence-corrected chi connectivity index (χ4v) is 2.88. The zero-order chi connectivity index (χ0) is 17.6. The maximum atomic E-state index is 5.91. The second kappa shape index (κ2) is 5.58. The molecule has 0 aliphatic rings. The molecule has 0 amide bonds. The first-order valence-corrected chi connectivity index (χ1v) is 8.33. The van der Waals surface area contributed by atoms with Crippen molar-refractivity contribution < 1.29 is 4.42 Å². The van der Waals surface area contributed by atoms with Crippen LogP contribution >= 0.6 is 0 Å². The molecule has 4 rings (SSSR count). The van der Waals surface area contributed by atoms with E-state index in [1.807, 2.05) is 41.9 Å². The Morgan fingerprint density at radius 2 is 1.88 bits per heavy atom. The van der Waals surface area contributed by atoms with Crippen molar-refractivity contribution in [1.82, 2.24) is 19.8 Å². The number of fused-ring (bicyclic) bond motifs is 2. The van der Waals surface area contributed by atoms with Crippen molar-refractivity contribution in [2.24, 2.45) is 0 Å². The van der Waals surface area contributed by atoms with Crippen LogP contribution in [0.15, 0.2) is 46.9 Å². The molecule has 0 saturated carbocycles. The molecule has 0 unspecified atom stereocenters. The number of rotatable bonds is 3. The third-order valence-corrected chi connectivity index (χ3v) is 4.18. The van der Waals surface area contributed by atoms with Crippen LogP contribution in [0, 0.1) is 0 Å². The molecule has 4 aromatic rings. The lowest BCUT2D eigenvalue weighted by molar-refractivity contribution is 0.524. The summed E-state index contributed by atoms with van der Waals surface area (Å²) in [6.07, 6.45) is 0. The molecule has 0 saturated heterocycles. The summed E-state index contributed by atoms with van der Waals surface area (Å²) in [5.41, 5.74) is 1.54. The van der Waals surface area contributed by atoms with Gasteiger partial charge in [0.15, 0.2) is 11.5 Å². The van der Waals surface area contributed by atoms with Crippen LogP contribution in [0.1, 0.15) is 32.4 Å². The number of anilines is 1. The Balaban J connectivity index is 1.66. The number of nitrogens with zero attached hydrogens (tertiary/aromatic N) is 5. The zero-order valence-corrected chi connectivity index (χ0v) is 14.9. The Bertz CT molecular complexity index is 1010. The predicted molar refractivity (Wildman–Crippen MR) is 97.8 cm³/mol. The summed E-state index contributed by atoms with van der Waals surface area (Å²) < 4.78 is 7.73. The number of benzene rings is 1. The van der Waals surface area contributed by atoms with Crippen molar-refractivity contribution in [3.63, 3.8) is 0 Å². The highest BCUT2D eigenvalue weighted by Gasteiger charge is 2.22. The zero-order valence-electron chi connectivity index (χ0n) is 14.9. The molecule has 3 heterocycles. The van der Waals surface area contributed by atoms with E-state index in [-0.39, 0.29) is 5.41 Å². The van der Waals surface area contributed by atoms with Crippen LogP contribution in [0.5, 0.6) is 0 Å². The standard InChI is InChI=1S/C19H21N5O/c1-19(2,3)18-21-20-16-9-10-17(22-24(16)18)23(4)12-14-11-13-7-5-6-8-15(13)25-14/h5-11H,12H2,1-4H3. The second-order valence-electron chi connectivity index (χ2n) is 7.34. The molecule has 1 aromatic carbocycles. The smallest absolute Gasteiger partial charge is 0.178 e. The van der Waals surface area contributed by atoms with E-state index >= 15 is 0 Å². The molecule has 0 N–H and O–H groups in total. The van der Waals surface area contributed by atoms with Crippen LogP contribution in [0.2, 0.25) is 0 Å². The van der Waals surface area contributed by atoms with Gasteiger partial charge in [-0.15, -0.1) is 15.3 Å². The van der Waals surface area contributed by atoms with Gasteiger partial charge in [-0.25, -0.2) is 0 Å². The molecule has 0 radical (unpaired) electrons. The molecule has 6 heteroatoms. The summed E-state index contributed by atoms with van der Waals surface area (Å²) in [4.78, 5) is 2.06. The molecule has 0 fully saturated rings. The minimum atomic E-state index is -0.123. The highest BCUT2D eigenvalue weighted by molar-refractivity contribution is 5.77. The molecule has 0 atom stereocenters. The predicted octanol–water partition coefficient (Wildman–Crippen LogP) is 3.80. The van der Waals surface area contributed by atoms with Gasteiger partial charge in [-0.05, 0) is 24.3 Å². The summed E-state index contributed by atoms with van der Waals surface area (Å²) in [6.45, 7) is 6.96. The van der Waals surface area contributed by atoms with Crippen LogP contribution in [0.4, 0.5) is 5.82 Å². The van der Waals surface area contributed by atoms with Gasteiger partial charge >= 0.3 is 0 Å². The molecule has 0 aliphatic heterocycles. The summed E-state index contributed by atoms with van der Waals surface area (Å²) in [7, 11) is 2.00. The van der Waals surface area contributed by atoms with E-state index in [1.54, 1.807) is 0 Å². The second-order valence-corrected chi connectivity index (χ2v) is 7.34. The minimum absolute atomic E-state index is 0.123. The molecule has 6 nitrogen and oxygen atoms in total. The van der Waals surface area contributed by atoms with Crippen molar-refractivity contribution in [1.29, 1.82) is 0 Å². The highest BCUT2D eigenvalue weighted by atomic mass is 16.3. The Morgan fingerprint density at radius 3 is 2.64 bits per heavy atom. The van der Waals surface area contributed by atoms with Gasteiger partial charge < -0.3 is 9.32 Å². The Kier molecular flexibility index (Phi) is 3.49. The first-order valence-electron chi connectivity index (χ1n) is 8.33. The van der Waals surface area contributed by atoms with Crippen molar-refractivity contribution >= 4 is 22.4 Å². The molecule has 3 aromatic heterocycles. The average Bonchev–Trinajstić information content (AvgIpc) is 3.16. The van der Waals surface area contributed by atoms with Crippen molar-refractivity contribution in [3.8, 4) is 0 Å². The first kappa shape index (κ1) is 15.6. The van der Waals surface area contributed by atoms with Crippen LogP contribution < -0.4 is 4.90 Å². The summed E-state index contributed by atoms with van der Waals surface area (Å²) in [5, 5.41) is 14.3. The van der Waals surface area contributed by atoms with Crippen LogP contribution in [0.3, 0.4) is 0 Å². The van der Waals surface area contributed by atoms with E-state index < -0.39 is 0 Å². The van der Waals surface area contributed by atoms with E-state index in [0.29, 0.717) is 6.54 Å². The SMILES string of the molecule is CN(Cc1cc2ccccc2o1)c1ccc2nnc(C(C)(C)C)n2n1. The van der Waals surface area contributed by atoms with Crippen LogP contribution in [-0.2, 0) is 12.0 Å². The van der Waals surface area contributed by atoms with Crippen molar-refractivity contribution in [3.05, 3.63) is 54.0 Å². The third kappa shape index (κ3) is 2.84. The lowest BCUT2D eigenvalue weighted by Crippen LogP contribution is -2.21. The number of hydrogen-bond acceptors (Lipinski definition) is 5. The number of aromatic nitrogens is 4. The van der Waals surface area contributed by atoms with Crippen LogP contribution in [-0.4, -0.2) is 26.9 Å². The summed E-state index contributed by atoms with van der Waals surface area (Å²) in [6, 6.07) is 14.0. The monoisotopic (exact) mass is 335 g/mol. The van der Waals surface area contributed by atoms with E-state index in [1.165, 1.54) is 0 Å². The van der Waals surface area contributed by atoms with Gasteiger partial charge in [0.2, 0.25) is 0 Å². The van der Waals surface area contributed by atoms with Gasteiger partial charge in [-0.1, -0.05) is 39.0 Å². The van der Waals surface area contributed by atoms with E-state index in [4.69, 9.17) is 9.52 Å². The third-order valence-electron chi connectivity index (χ3n) is 4.18. The number of furan rings is 1. The van der Waals surface area contributed by atoms with Gasteiger partial charge in [0.25, 0.3) is 0 Å². The van der Waals surface area contributed by atoms with Gasteiger partial charge in [0.1, 0.15) is 17.2 Å². The summed E-state index contributed by atoms with van der Waals surface area (Å²) in [5.74, 6) is 2.60. The number of para-hydroxylation sites is 1. The largest absolute Gasteiger partial charge is 0.459 e. The Morgan fingerprint density at radius 1 is 1.08 bits per heavy atom.